The highest BCUT2D eigenvalue weighted by atomic mass is 19.1. The highest BCUT2D eigenvalue weighted by Gasteiger charge is 2.43. The van der Waals surface area contributed by atoms with Crippen LogP contribution in [0.15, 0.2) is 24.3 Å². The smallest absolute Gasteiger partial charge is 0.123 e. The van der Waals surface area contributed by atoms with Gasteiger partial charge in [-0.15, -0.1) is 0 Å². The lowest BCUT2D eigenvalue weighted by Crippen LogP contribution is -2.48. The van der Waals surface area contributed by atoms with E-state index in [2.05, 4.69) is 0 Å². The Kier molecular flexibility index (Phi) is 2.76. The molecule has 0 radical (unpaired) electrons. The minimum absolute atomic E-state index is 0.156. The van der Waals surface area contributed by atoms with Crippen LogP contribution in [0.2, 0.25) is 0 Å². The Morgan fingerprint density at radius 3 is 2.33 bits per heavy atom. The largest absolute Gasteiger partial charge is 0.376 e. The first kappa shape index (κ1) is 10.6. The molecule has 82 valence electrons. The van der Waals surface area contributed by atoms with Gasteiger partial charge in [-0.25, -0.2) is 4.39 Å². The van der Waals surface area contributed by atoms with Crippen LogP contribution in [0, 0.1) is 5.82 Å². The van der Waals surface area contributed by atoms with Crippen molar-refractivity contribution in [3.8, 4) is 0 Å². The van der Waals surface area contributed by atoms with Gasteiger partial charge in [0.15, 0.2) is 0 Å². The molecule has 15 heavy (non-hydrogen) atoms. The van der Waals surface area contributed by atoms with Gasteiger partial charge < -0.3 is 10.5 Å². The maximum absolute atomic E-state index is 12.8. The average molecular weight is 209 g/mol. The minimum Gasteiger partial charge on any atom is -0.376 e. The summed E-state index contributed by atoms with van der Waals surface area (Å²) >= 11 is 0. The Morgan fingerprint density at radius 1 is 1.33 bits per heavy atom. The summed E-state index contributed by atoms with van der Waals surface area (Å²) < 4.78 is 18.3. The Labute approximate surface area is 89.2 Å². The average Bonchev–Trinajstić information content (AvgIpc) is 2.18. The molecule has 1 aromatic carbocycles. The molecule has 1 aromatic rings. The summed E-state index contributed by atoms with van der Waals surface area (Å²) in [4.78, 5) is 0. The first-order chi connectivity index (χ1) is 7.18. The second kappa shape index (κ2) is 3.91. The summed E-state index contributed by atoms with van der Waals surface area (Å²) in [6.45, 7) is 0. The van der Waals surface area contributed by atoms with Crippen molar-refractivity contribution in [2.24, 2.45) is 5.73 Å². The molecule has 0 saturated heterocycles. The highest BCUT2D eigenvalue weighted by Crippen LogP contribution is 2.43. The lowest BCUT2D eigenvalue weighted by Gasteiger charge is -2.45. The van der Waals surface area contributed by atoms with E-state index in [0.717, 1.165) is 24.8 Å². The molecule has 1 atom stereocenters. The maximum Gasteiger partial charge on any atom is 0.123 e. The highest BCUT2D eigenvalue weighted by molar-refractivity contribution is 5.23. The van der Waals surface area contributed by atoms with Crippen LogP contribution in [0.5, 0.6) is 0 Å². The molecule has 0 heterocycles. The first-order valence-electron chi connectivity index (χ1n) is 5.24. The second-order valence-electron chi connectivity index (χ2n) is 4.15. The van der Waals surface area contributed by atoms with Crippen molar-refractivity contribution in [2.75, 3.05) is 7.11 Å². The Hall–Kier alpha value is -0.930. The summed E-state index contributed by atoms with van der Waals surface area (Å²) in [5, 5.41) is 0. The van der Waals surface area contributed by atoms with E-state index < -0.39 is 0 Å². The summed E-state index contributed by atoms with van der Waals surface area (Å²) in [5.41, 5.74) is 6.87. The van der Waals surface area contributed by atoms with E-state index in [4.69, 9.17) is 10.5 Å². The van der Waals surface area contributed by atoms with Crippen LogP contribution in [0.25, 0.3) is 0 Å². The number of ether oxygens (including phenoxy) is 1. The van der Waals surface area contributed by atoms with Crippen molar-refractivity contribution >= 4 is 0 Å². The standard InChI is InChI=1S/C12H16FNO/c1-15-12(7-2-8-12)11(14)9-3-5-10(13)6-4-9/h3-6,11H,2,7-8,14H2,1H3. The van der Waals surface area contributed by atoms with Gasteiger partial charge in [0.2, 0.25) is 0 Å². The molecule has 1 fully saturated rings. The van der Waals surface area contributed by atoms with Crippen LogP contribution in [-0.2, 0) is 4.74 Å². The number of rotatable bonds is 3. The molecule has 2 N–H and O–H groups in total. The zero-order valence-corrected chi connectivity index (χ0v) is 8.87. The molecule has 1 saturated carbocycles. The fourth-order valence-electron chi connectivity index (χ4n) is 2.14. The molecule has 1 aliphatic carbocycles. The van der Waals surface area contributed by atoms with Crippen LogP contribution >= 0.6 is 0 Å². The first-order valence-corrected chi connectivity index (χ1v) is 5.24. The summed E-state index contributed by atoms with van der Waals surface area (Å²) in [6, 6.07) is 6.20. The second-order valence-corrected chi connectivity index (χ2v) is 4.15. The molecule has 0 bridgehead atoms. The third-order valence-electron chi connectivity index (χ3n) is 3.40. The number of nitrogens with two attached hydrogens (primary N) is 1. The number of hydrogen-bond acceptors (Lipinski definition) is 2. The van der Waals surface area contributed by atoms with E-state index in [1.54, 1.807) is 19.2 Å². The fourth-order valence-corrected chi connectivity index (χ4v) is 2.14. The van der Waals surface area contributed by atoms with Crippen molar-refractivity contribution in [1.29, 1.82) is 0 Å². The normalized spacial score (nSPS) is 20.7. The molecule has 3 heteroatoms. The summed E-state index contributed by atoms with van der Waals surface area (Å²) in [5.74, 6) is -0.231. The molecule has 0 aromatic heterocycles. The molecule has 1 unspecified atom stereocenters. The third kappa shape index (κ3) is 1.77. The van der Waals surface area contributed by atoms with Crippen molar-refractivity contribution in [3.63, 3.8) is 0 Å². The zero-order valence-electron chi connectivity index (χ0n) is 8.87. The predicted molar refractivity (Wildman–Crippen MR) is 56.9 cm³/mol. The van der Waals surface area contributed by atoms with E-state index in [-0.39, 0.29) is 17.5 Å². The van der Waals surface area contributed by atoms with Crippen molar-refractivity contribution < 1.29 is 9.13 Å². The number of benzene rings is 1. The lowest BCUT2D eigenvalue weighted by molar-refractivity contribution is -0.0911. The van der Waals surface area contributed by atoms with Crippen LogP contribution in [0.1, 0.15) is 30.9 Å². The van der Waals surface area contributed by atoms with Crippen molar-refractivity contribution in [1.82, 2.24) is 0 Å². The van der Waals surface area contributed by atoms with Gasteiger partial charge in [0.25, 0.3) is 0 Å². The molecule has 2 rings (SSSR count). The molecule has 2 nitrogen and oxygen atoms in total. The van der Waals surface area contributed by atoms with Crippen LogP contribution in [0.4, 0.5) is 4.39 Å². The fraction of sp³-hybridized carbons (Fsp3) is 0.500. The number of hydrogen-bond donors (Lipinski definition) is 1. The van der Waals surface area contributed by atoms with Gasteiger partial charge in [0.1, 0.15) is 5.82 Å². The number of halogens is 1. The topological polar surface area (TPSA) is 35.2 Å². The minimum atomic E-state index is -0.231. The van der Waals surface area contributed by atoms with E-state index in [0.29, 0.717) is 0 Å². The third-order valence-corrected chi connectivity index (χ3v) is 3.40. The summed E-state index contributed by atoms with van der Waals surface area (Å²) in [6.07, 6.45) is 3.13. The van der Waals surface area contributed by atoms with Gasteiger partial charge in [-0.1, -0.05) is 12.1 Å². The molecular weight excluding hydrogens is 193 g/mol. The molecule has 0 aliphatic heterocycles. The van der Waals surface area contributed by atoms with E-state index in [1.165, 1.54) is 12.1 Å². The van der Waals surface area contributed by atoms with Gasteiger partial charge in [-0.2, -0.15) is 0 Å². The van der Waals surface area contributed by atoms with Gasteiger partial charge >= 0.3 is 0 Å². The van der Waals surface area contributed by atoms with Crippen LogP contribution in [-0.4, -0.2) is 12.7 Å². The van der Waals surface area contributed by atoms with Gasteiger partial charge in [-0.3, -0.25) is 0 Å². The van der Waals surface area contributed by atoms with E-state index >= 15 is 0 Å². The van der Waals surface area contributed by atoms with Gasteiger partial charge in [0, 0.05) is 7.11 Å². The SMILES string of the molecule is COC1(C(N)c2ccc(F)cc2)CCC1. The molecule has 0 amide bonds. The predicted octanol–water partition coefficient (Wildman–Crippen LogP) is 2.39. The Balaban J connectivity index is 2.19. The van der Waals surface area contributed by atoms with Crippen LogP contribution in [0.3, 0.4) is 0 Å². The monoisotopic (exact) mass is 209 g/mol. The lowest BCUT2D eigenvalue weighted by atomic mass is 9.72. The summed E-state index contributed by atoms with van der Waals surface area (Å²) in [7, 11) is 1.70. The van der Waals surface area contributed by atoms with Gasteiger partial charge in [0.05, 0.1) is 11.6 Å². The molecule has 1 aliphatic rings. The molecular formula is C12H16FNO. The van der Waals surface area contributed by atoms with Crippen molar-refractivity contribution in [2.45, 2.75) is 30.9 Å². The van der Waals surface area contributed by atoms with Crippen molar-refractivity contribution in [3.05, 3.63) is 35.6 Å². The van der Waals surface area contributed by atoms with Gasteiger partial charge in [-0.05, 0) is 37.0 Å². The van der Waals surface area contributed by atoms with E-state index in [1.807, 2.05) is 0 Å². The maximum atomic E-state index is 12.8. The quantitative estimate of drug-likeness (QED) is 0.829. The number of methoxy groups -OCH3 is 1. The zero-order chi connectivity index (χ0) is 10.9. The van der Waals surface area contributed by atoms with E-state index in [9.17, 15) is 4.39 Å². The Morgan fingerprint density at radius 2 is 1.93 bits per heavy atom. The van der Waals surface area contributed by atoms with Crippen LogP contribution < -0.4 is 5.73 Å². The Bertz CT molecular complexity index is 326. The molecule has 0 spiro atoms.